The second-order valence-corrected chi connectivity index (χ2v) is 3.37. The van der Waals surface area contributed by atoms with Crippen molar-refractivity contribution in [2.24, 2.45) is 0 Å². The van der Waals surface area contributed by atoms with E-state index >= 15 is 0 Å². The van der Waals surface area contributed by atoms with E-state index in [9.17, 15) is 0 Å². The third-order valence-corrected chi connectivity index (χ3v) is 2.03. The van der Waals surface area contributed by atoms with Gasteiger partial charge in [0.05, 0.1) is 6.61 Å². The van der Waals surface area contributed by atoms with Crippen LogP contribution in [0.15, 0.2) is 30.3 Å². The monoisotopic (exact) mass is 208 g/mol. The van der Waals surface area contributed by atoms with Gasteiger partial charge >= 0.3 is 0 Å². The molecule has 14 heavy (non-hydrogen) atoms. The van der Waals surface area contributed by atoms with Crippen LogP contribution in [0.5, 0.6) is 5.75 Å². The Morgan fingerprint density at radius 1 is 1.43 bits per heavy atom. The average molecular weight is 208 g/mol. The number of hydrogen-bond acceptors (Lipinski definition) is 2. The topological polar surface area (TPSA) is 9.23 Å². The van der Waals surface area contributed by atoms with Crippen molar-refractivity contribution in [3.8, 4) is 5.75 Å². The summed E-state index contributed by atoms with van der Waals surface area (Å²) in [4.78, 5) is 0. The van der Waals surface area contributed by atoms with E-state index in [1.165, 1.54) is 5.56 Å². The highest BCUT2D eigenvalue weighted by atomic mass is 32.1. The van der Waals surface area contributed by atoms with Crippen LogP contribution in [-0.2, 0) is 0 Å². The molecule has 0 aliphatic heterocycles. The van der Waals surface area contributed by atoms with E-state index in [1.807, 2.05) is 25.1 Å². The fraction of sp³-hybridized carbons (Fsp3) is 0.333. The van der Waals surface area contributed by atoms with Crippen LogP contribution >= 0.6 is 12.6 Å². The summed E-state index contributed by atoms with van der Waals surface area (Å²) in [6.45, 7) is 2.70. The number of benzene rings is 1. The molecule has 0 radical (unpaired) electrons. The summed E-state index contributed by atoms with van der Waals surface area (Å²) in [6.07, 6.45) is 5.22. The van der Waals surface area contributed by atoms with E-state index in [0.29, 0.717) is 6.61 Å². The maximum atomic E-state index is 5.40. The highest BCUT2D eigenvalue weighted by Gasteiger charge is 1.91. The first kappa shape index (κ1) is 11.2. The highest BCUT2D eigenvalue weighted by molar-refractivity contribution is 7.80. The lowest BCUT2D eigenvalue weighted by Crippen LogP contribution is -1.90. The summed E-state index contributed by atoms with van der Waals surface area (Å²) >= 11 is 4.14. The fourth-order valence-electron chi connectivity index (χ4n) is 1.17. The van der Waals surface area contributed by atoms with Crippen LogP contribution in [0.25, 0.3) is 6.08 Å². The lowest BCUT2D eigenvalue weighted by Gasteiger charge is -2.02. The van der Waals surface area contributed by atoms with E-state index in [2.05, 4.69) is 30.8 Å². The van der Waals surface area contributed by atoms with Gasteiger partial charge in [-0.15, -0.1) is 0 Å². The fourth-order valence-corrected chi connectivity index (χ4v) is 1.32. The Bertz CT molecular complexity index is 294. The average Bonchev–Trinajstić information content (AvgIpc) is 2.19. The molecule has 0 aliphatic rings. The summed E-state index contributed by atoms with van der Waals surface area (Å²) in [5.41, 5.74) is 1.18. The second kappa shape index (κ2) is 6.55. The summed E-state index contributed by atoms with van der Waals surface area (Å²) < 4.78 is 5.40. The van der Waals surface area contributed by atoms with Gasteiger partial charge in [-0.2, -0.15) is 12.6 Å². The minimum atomic E-state index is 0.712. The van der Waals surface area contributed by atoms with Crippen LogP contribution in [0.3, 0.4) is 0 Å². The molecule has 2 heteroatoms. The molecule has 0 saturated heterocycles. The lowest BCUT2D eigenvalue weighted by molar-refractivity contribution is 0.340. The predicted octanol–water partition coefficient (Wildman–Crippen LogP) is 3.42. The van der Waals surface area contributed by atoms with Crippen LogP contribution in [0, 0.1) is 0 Å². The summed E-state index contributed by atoms with van der Waals surface area (Å²) in [5, 5.41) is 0. The summed E-state index contributed by atoms with van der Waals surface area (Å²) in [6, 6.07) is 8.08. The molecule has 0 aliphatic carbocycles. The zero-order valence-electron chi connectivity index (χ0n) is 8.44. The highest BCUT2D eigenvalue weighted by Crippen LogP contribution is 2.14. The summed E-state index contributed by atoms with van der Waals surface area (Å²) in [7, 11) is 0. The van der Waals surface area contributed by atoms with Gasteiger partial charge in [-0.05, 0) is 36.8 Å². The Balaban J connectivity index is 2.63. The maximum Gasteiger partial charge on any atom is 0.119 e. The Kier molecular flexibility index (Phi) is 5.23. The molecular weight excluding hydrogens is 192 g/mol. The van der Waals surface area contributed by atoms with Crippen molar-refractivity contribution in [2.45, 2.75) is 13.3 Å². The van der Waals surface area contributed by atoms with Crippen molar-refractivity contribution in [1.82, 2.24) is 0 Å². The van der Waals surface area contributed by atoms with Crippen LogP contribution in [0.4, 0.5) is 0 Å². The van der Waals surface area contributed by atoms with E-state index in [1.54, 1.807) is 0 Å². The molecule has 0 unspecified atom stereocenters. The quantitative estimate of drug-likeness (QED) is 0.729. The first-order valence-corrected chi connectivity index (χ1v) is 5.50. The molecule has 0 heterocycles. The number of allylic oxidation sites excluding steroid dienone is 1. The molecule has 1 aromatic carbocycles. The minimum Gasteiger partial charge on any atom is -0.494 e. The molecule has 0 bridgehead atoms. The third kappa shape index (κ3) is 3.88. The first-order valence-electron chi connectivity index (χ1n) is 4.87. The Labute approximate surface area is 91.2 Å². The summed E-state index contributed by atoms with van der Waals surface area (Å²) in [5.74, 6) is 1.82. The number of hydrogen-bond donors (Lipinski definition) is 1. The van der Waals surface area contributed by atoms with E-state index in [0.717, 1.165) is 17.9 Å². The SMILES string of the molecule is CCOc1cccc(C=CCCS)c1. The van der Waals surface area contributed by atoms with Gasteiger partial charge in [-0.25, -0.2) is 0 Å². The van der Waals surface area contributed by atoms with Crippen molar-refractivity contribution in [1.29, 1.82) is 0 Å². The Hall–Kier alpha value is -0.890. The molecular formula is C12H16OS. The predicted molar refractivity (Wildman–Crippen MR) is 65.1 cm³/mol. The molecule has 0 fully saturated rings. The van der Waals surface area contributed by atoms with Crippen LogP contribution in [0.1, 0.15) is 18.9 Å². The maximum absolute atomic E-state index is 5.40. The smallest absolute Gasteiger partial charge is 0.119 e. The molecule has 1 rings (SSSR count). The Morgan fingerprint density at radius 2 is 2.29 bits per heavy atom. The molecule has 0 aromatic heterocycles. The normalized spacial score (nSPS) is 10.7. The number of thiol groups is 1. The molecule has 0 saturated carbocycles. The van der Waals surface area contributed by atoms with Crippen LogP contribution in [0.2, 0.25) is 0 Å². The molecule has 0 spiro atoms. The van der Waals surface area contributed by atoms with Gasteiger partial charge in [-0.1, -0.05) is 24.3 Å². The largest absolute Gasteiger partial charge is 0.494 e. The van der Waals surface area contributed by atoms with Gasteiger partial charge in [0.2, 0.25) is 0 Å². The van der Waals surface area contributed by atoms with Crippen molar-refractivity contribution < 1.29 is 4.74 Å². The molecule has 0 amide bonds. The second-order valence-electron chi connectivity index (χ2n) is 2.92. The van der Waals surface area contributed by atoms with E-state index < -0.39 is 0 Å². The number of ether oxygens (including phenoxy) is 1. The van der Waals surface area contributed by atoms with Gasteiger partial charge in [0.15, 0.2) is 0 Å². The Morgan fingerprint density at radius 3 is 3.00 bits per heavy atom. The zero-order chi connectivity index (χ0) is 10.2. The molecule has 1 aromatic rings. The van der Waals surface area contributed by atoms with Crippen molar-refractivity contribution in [3.05, 3.63) is 35.9 Å². The van der Waals surface area contributed by atoms with Gasteiger partial charge < -0.3 is 4.74 Å². The lowest BCUT2D eigenvalue weighted by atomic mass is 10.2. The minimum absolute atomic E-state index is 0.712. The van der Waals surface area contributed by atoms with E-state index in [4.69, 9.17) is 4.74 Å². The molecule has 1 nitrogen and oxygen atoms in total. The van der Waals surface area contributed by atoms with Gasteiger partial charge in [-0.3, -0.25) is 0 Å². The van der Waals surface area contributed by atoms with Crippen molar-refractivity contribution >= 4 is 18.7 Å². The first-order chi connectivity index (χ1) is 6.86. The van der Waals surface area contributed by atoms with Gasteiger partial charge in [0.1, 0.15) is 5.75 Å². The number of rotatable bonds is 5. The molecule has 0 atom stereocenters. The van der Waals surface area contributed by atoms with Crippen LogP contribution in [-0.4, -0.2) is 12.4 Å². The third-order valence-electron chi connectivity index (χ3n) is 1.78. The van der Waals surface area contributed by atoms with Crippen molar-refractivity contribution in [2.75, 3.05) is 12.4 Å². The van der Waals surface area contributed by atoms with E-state index in [-0.39, 0.29) is 0 Å². The standard InChI is InChI=1S/C12H16OS/c1-2-13-12-8-5-7-11(10-12)6-3-4-9-14/h3,5-8,10,14H,2,4,9H2,1H3. The molecule has 0 N–H and O–H groups in total. The van der Waals surface area contributed by atoms with Crippen molar-refractivity contribution in [3.63, 3.8) is 0 Å². The zero-order valence-corrected chi connectivity index (χ0v) is 9.34. The molecule has 76 valence electrons. The van der Waals surface area contributed by atoms with Gasteiger partial charge in [0.25, 0.3) is 0 Å². The van der Waals surface area contributed by atoms with Gasteiger partial charge in [0, 0.05) is 0 Å². The van der Waals surface area contributed by atoms with Crippen LogP contribution < -0.4 is 4.74 Å².